The maximum atomic E-state index is 12.4. The van der Waals surface area contributed by atoms with Crippen molar-refractivity contribution in [1.82, 2.24) is 0 Å². The summed E-state index contributed by atoms with van der Waals surface area (Å²) in [4.78, 5) is 22.8. The number of halogens is 1. The predicted octanol–water partition coefficient (Wildman–Crippen LogP) is 5.56. The Hall–Kier alpha value is -3.90. The number of furan rings is 1. The van der Waals surface area contributed by atoms with Gasteiger partial charge in [0.25, 0.3) is 11.6 Å². The number of hydrogen-bond acceptors (Lipinski definition) is 6. The number of carbonyl (C=O) groups is 1. The molecule has 0 radical (unpaired) electrons. The van der Waals surface area contributed by atoms with Gasteiger partial charge in [-0.1, -0.05) is 0 Å². The third kappa shape index (κ3) is 5.38. The van der Waals surface area contributed by atoms with E-state index in [0.29, 0.717) is 39.6 Å². The molecule has 31 heavy (non-hydrogen) atoms. The molecule has 1 aromatic heterocycles. The first-order valence-corrected chi connectivity index (χ1v) is 9.90. The van der Waals surface area contributed by atoms with E-state index in [1.165, 1.54) is 18.2 Å². The van der Waals surface area contributed by atoms with Crippen molar-refractivity contribution in [3.63, 3.8) is 0 Å². The summed E-state index contributed by atoms with van der Waals surface area (Å²) in [6, 6.07) is 16.2. The molecule has 0 fully saturated rings. The molecule has 0 saturated carbocycles. The van der Waals surface area contributed by atoms with Gasteiger partial charge in [0.2, 0.25) is 0 Å². The van der Waals surface area contributed by atoms with Gasteiger partial charge < -0.3 is 14.5 Å². The molecule has 1 heterocycles. The highest BCUT2D eigenvalue weighted by atomic mass is 79.9. The van der Waals surface area contributed by atoms with Gasteiger partial charge in [0, 0.05) is 33.9 Å². The summed E-state index contributed by atoms with van der Waals surface area (Å²) >= 11 is 3.30. The second kappa shape index (κ2) is 9.73. The molecule has 3 rings (SSSR count). The molecular weight excluding hydrogens is 466 g/mol. The largest absolute Gasteiger partial charge is 0.494 e. The van der Waals surface area contributed by atoms with Gasteiger partial charge >= 0.3 is 0 Å². The number of ether oxygens (including phenoxy) is 1. The Bertz CT molecular complexity index is 1190. The van der Waals surface area contributed by atoms with Crippen molar-refractivity contribution >= 4 is 39.3 Å². The Morgan fingerprint density at radius 2 is 2.00 bits per heavy atom. The van der Waals surface area contributed by atoms with Gasteiger partial charge in [0.05, 0.1) is 11.5 Å². The zero-order chi connectivity index (χ0) is 22.4. The summed E-state index contributed by atoms with van der Waals surface area (Å²) in [5.74, 6) is 0.814. The summed E-state index contributed by atoms with van der Waals surface area (Å²) in [7, 11) is 0. The average Bonchev–Trinajstić information content (AvgIpc) is 3.21. The molecule has 3 aromatic rings. The molecule has 1 N–H and O–H groups in total. The first kappa shape index (κ1) is 21.8. The molecule has 0 unspecified atom stereocenters. The highest BCUT2D eigenvalue weighted by molar-refractivity contribution is 9.10. The summed E-state index contributed by atoms with van der Waals surface area (Å²) in [6.07, 6.45) is 1.33. The molecule has 0 saturated heterocycles. The van der Waals surface area contributed by atoms with Gasteiger partial charge in [-0.3, -0.25) is 14.9 Å². The van der Waals surface area contributed by atoms with Crippen LogP contribution in [-0.2, 0) is 4.79 Å². The number of hydrogen-bond donors (Lipinski definition) is 1. The van der Waals surface area contributed by atoms with Gasteiger partial charge in [-0.25, -0.2) is 0 Å². The Kier molecular flexibility index (Phi) is 6.85. The number of rotatable bonds is 7. The van der Waals surface area contributed by atoms with E-state index in [1.54, 1.807) is 42.5 Å². The van der Waals surface area contributed by atoms with Crippen LogP contribution in [0.5, 0.6) is 5.75 Å². The zero-order valence-corrected chi connectivity index (χ0v) is 17.9. The number of nitro groups is 1. The van der Waals surface area contributed by atoms with E-state index in [-0.39, 0.29) is 11.3 Å². The Morgan fingerprint density at radius 3 is 2.61 bits per heavy atom. The van der Waals surface area contributed by atoms with Gasteiger partial charge in [-0.15, -0.1) is 0 Å². The van der Waals surface area contributed by atoms with Crippen molar-refractivity contribution in [1.29, 1.82) is 5.26 Å². The van der Waals surface area contributed by atoms with Crippen LogP contribution in [0, 0.1) is 21.4 Å². The molecule has 0 aliphatic rings. The van der Waals surface area contributed by atoms with Crippen molar-refractivity contribution in [3.05, 3.63) is 80.5 Å². The molecule has 9 heteroatoms. The number of nitrogens with zero attached hydrogens (tertiary/aromatic N) is 2. The lowest BCUT2D eigenvalue weighted by Gasteiger charge is -2.06. The lowest BCUT2D eigenvalue weighted by atomic mass is 10.1. The van der Waals surface area contributed by atoms with Crippen LogP contribution in [0.2, 0.25) is 0 Å². The van der Waals surface area contributed by atoms with Crippen LogP contribution in [0.15, 0.2) is 69.1 Å². The highest BCUT2D eigenvalue weighted by Gasteiger charge is 2.15. The summed E-state index contributed by atoms with van der Waals surface area (Å²) in [5.41, 5.74) is 0.921. The maximum Gasteiger partial charge on any atom is 0.270 e. The van der Waals surface area contributed by atoms with Gasteiger partial charge in [-0.2, -0.15) is 5.26 Å². The van der Waals surface area contributed by atoms with Gasteiger partial charge in [0.15, 0.2) is 0 Å². The molecule has 0 aliphatic heterocycles. The van der Waals surface area contributed by atoms with E-state index in [9.17, 15) is 20.2 Å². The first-order chi connectivity index (χ1) is 14.9. The quantitative estimate of drug-likeness (QED) is 0.204. The SMILES string of the molecule is CCOc1ccc(NC(=O)/C(C#N)=C/c2ccc(-c3ccc([N+](=O)[O-])cc3Br)o2)cc1. The van der Waals surface area contributed by atoms with Crippen LogP contribution in [0.25, 0.3) is 17.4 Å². The minimum absolute atomic E-state index is 0.0555. The molecule has 2 aromatic carbocycles. The number of nitrogens with one attached hydrogen (secondary N) is 1. The van der Waals surface area contributed by atoms with Crippen molar-refractivity contribution in [2.75, 3.05) is 11.9 Å². The van der Waals surface area contributed by atoms with E-state index in [0.717, 1.165) is 0 Å². The second-order valence-electron chi connectivity index (χ2n) is 6.20. The average molecular weight is 482 g/mol. The number of nitro benzene ring substituents is 1. The Morgan fingerprint density at radius 1 is 1.26 bits per heavy atom. The number of amides is 1. The molecule has 0 aliphatic carbocycles. The fourth-order valence-electron chi connectivity index (χ4n) is 2.68. The number of anilines is 1. The third-order valence-electron chi connectivity index (χ3n) is 4.13. The predicted molar refractivity (Wildman–Crippen MR) is 118 cm³/mol. The normalized spacial score (nSPS) is 10.9. The fraction of sp³-hybridized carbons (Fsp3) is 0.0909. The minimum atomic E-state index is -0.582. The molecular formula is C22H16BrN3O5. The first-order valence-electron chi connectivity index (χ1n) is 9.11. The number of non-ortho nitro benzene ring substituents is 1. The van der Waals surface area contributed by atoms with E-state index < -0.39 is 10.8 Å². The van der Waals surface area contributed by atoms with Crippen molar-refractivity contribution in [3.8, 4) is 23.1 Å². The van der Waals surface area contributed by atoms with E-state index in [4.69, 9.17) is 9.15 Å². The number of nitriles is 1. The lowest BCUT2D eigenvalue weighted by Crippen LogP contribution is -2.13. The van der Waals surface area contributed by atoms with Gasteiger partial charge in [0.1, 0.15) is 28.9 Å². The van der Waals surface area contributed by atoms with Crippen LogP contribution in [-0.4, -0.2) is 17.4 Å². The van der Waals surface area contributed by atoms with Crippen LogP contribution >= 0.6 is 15.9 Å². The topological polar surface area (TPSA) is 118 Å². The van der Waals surface area contributed by atoms with Crippen LogP contribution < -0.4 is 10.1 Å². The number of benzene rings is 2. The molecule has 0 spiro atoms. The van der Waals surface area contributed by atoms with Crippen LogP contribution in [0.4, 0.5) is 11.4 Å². The molecule has 8 nitrogen and oxygen atoms in total. The molecule has 0 atom stereocenters. The van der Waals surface area contributed by atoms with Crippen molar-refractivity contribution < 1.29 is 18.9 Å². The van der Waals surface area contributed by atoms with Crippen LogP contribution in [0.3, 0.4) is 0 Å². The van der Waals surface area contributed by atoms with E-state index in [1.807, 2.05) is 13.0 Å². The van der Waals surface area contributed by atoms with E-state index in [2.05, 4.69) is 21.2 Å². The smallest absolute Gasteiger partial charge is 0.270 e. The Balaban J connectivity index is 1.77. The zero-order valence-electron chi connectivity index (χ0n) is 16.3. The fourth-order valence-corrected chi connectivity index (χ4v) is 3.25. The molecule has 1 amide bonds. The maximum absolute atomic E-state index is 12.4. The standard InChI is InChI=1S/C22H16BrN3O5/c1-2-30-17-6-3-15(4-7-17)25-22(27)14(13-24)11-18-8-10-21(31-18)19-9-5-16(26(28)29)12-20(19)23/h3-12H,2H2,1H3,(H,25,27)/b14-11+. The van der Waals surface area contributed by atoms with Gasteiger partial charge in [-0.05, 0) is 65.3 Å². The lowest BCUT2D eigenvalue weighted by molar-refractivity contribution is -0.384. The third-order valence-corrected chi connectivity index (χ3v) is 4.79. The number of carbonyl (C=O) groups excluding carboxylic acids is 1. The molecule has 0 bridgehead atoms. The summed E-state index contributed by atoms with van der Waals surface area (Å²) < 4.78 is 11.5. The van der Waals surface area contributed by atoms with Crippen LogP contribution in [0.1, 0.15) is 12.7 Å². The Labute approximate surface area is 186 Å². The molecule has 156 valence electrons. The highest BCUT2D eigenvalue weighted by Crippen LogP contribution is 2.33. The monoisotopic (exact) mass is 481 g/mol. The summed E-state index contributed by atoms with van der Waals surface area (Å²) in [5, 5.41) is 22.9. The second-order valence-corrected chi connectivity index (χ2v) is 7.06. The van der Waals surface area contributed by atoms with E-state index >= 15 is 0 Å². The minimum Gasteiger partial charge on any atom is -0.494 e. The van der Waals surface area contributed by atoms with Crippen molar-refractivity contribution in [2.45, 2.75) is 6.92 Å². The van der Waals surface area contributed by atoms with Crippen molar-refractivity contribution in [2.24, 2.45) is 0 Å². The summed E-state index contributed by atoms with van der Waals surface area (Å²) in [6.45, 7) is 2.41.